The Morgan fingerprint density at radius 1 is 1.11 bits per heavy atom. The van der Waals surface area contributed by atoms with E-state index in [0.717, 1.165) is 16.2 Å². The van der Waals surface area contributed by atoms with Crippen LogP contribution in [0.15, 0.2) is 63.9 Å². The zero-order valence-corrected chi connectivity index (χ0v) is 14.4. The van der Waals surface area contributed by atoms with Crippen LogP contribution in [0.1, 0.15) is 33.3 Å². The van der Waals surface area contributed by atoms with Gasteiger partial charge >= 0.3 is 11.6 Å². The predicted octanol–water partition coefficient (Wildman–Crippen LogP) is 3.83. The standard InChI is InChI=1S/C21H15NO5/c1-12(23)14-8-17(22-10-14)21(25)26-11-15-9-19(24)27-18-7-6-13-4-2-3-5-16(13)20(15)18/h2-10,22H,11H2,1H3. The number of aromatic nitrogens is 1. The summed E-state index contributed by atoms with van der Waals surface area (Å²) in [5.74, 6) is -0.757. The summed E-state index contributed by atoms with van der Waals surface area (Å²) in [6, 6.07) is 14.1. The summed E-state index contributed by atoms with van der Waals surface area (Å²) < 4.78 is 10.6. The van der Waals surface area contributed by atoms with Crippen LogP contribution < -0.4 is 5.63 Å². The summed E-state index contributed by atoms with van der Waals surface area (Å²) >= 11 is 0. The van der Waals surface area contributed by atoms with Crippen LogP contribution in [0.2, 0.25) is 0 Å². The van der Waals surface area contributed by atoms with Gasteiger partial charge in [0.1, 0.15) is 17.9 Å². The molecule has 6 nitrogen and oxygen atoms in total. The number of ether oxygens (including phenoxy) is 1. The molecule has 4 aromatic rings. The van der Waals surface area contributed by atoms with Gasteiger partial charge in [-0.05, 0) is 29.8 Å². The number of aromatic amines is 1. The number of hydrogen-bond acceptors (Lipinski definition) is 5. The second-order valence-corrected chi connectivity index (χ2v) is 6.18. The van der Waals surface area contributed by atoms with Gasteiger partial charge in [0.2, 0.25) is 0 Å². The first-order valence-electron chi connectivity index (χ1n) is 8.34. The van der Waals surface area contributed by atoms with Crippen molar-refractivity contribution < 1.29 is 18.7 Å². The number of rotatable bonds is 4. The molecule has 0 amide bonds. The van der Waals surface area contributed by atoms with Crippen molar-refractivity contribution in [3.8, 4) is 0 Å². The summed E-state index contributed by atoms with van der Waals surface area (Å²) in [5.41, 5.74) is 1.06. The molecule has 0 aliphatic carbocycles. The summed E-state index contributed by atoms with van der Waals surface area (Å²) in [6.07, 6.45) is 1.46. The van der Waals surface area contributed by atoms with Crippen LogP contribution in [0.4, 0.5) is 0 Å². The zero-order valence-electron chi connectivity index (χ0n) is 14.4. The van der Waals surface area contributed by atoms with Gasteiger partial charge < -0.3 is 14.1 Å². The van der Waals surface area contributed by atoms with Gasteiger partial charge in [0.05, 0.1) is 0 Å². The van der Waals surface area contributed by atoms with E-state index in [0.29, 0.717) is 16.7 Å². The number of H-pyrrole nitrogens is 1. The third kappa shape index (κ3) is 3.13. The van der Waals surface area contributed by atoms with Crippen LogP contribution in [0.3, 0.4) is 0 Å². The molecule has 0 bridgehead atoms. The molecule has 0 unspecified atom stereocenters. The van der Waals surface area contributed by atoms with Gasteiger partial charge in [0.15, 0.2) is 5.78 Å². The van der Waals surface area contributed by atoms with Gasteiger partial charge in [0.25, 0.3) is 0 Å². The fourth-order valence-corrected chi connectivity index (χ4v) is 3.07. The fraction of sp³-hybridized carbons (Fsp3) is 0.0952. The molecule has 2 aromatic carbocycles. The Kier molecular flexibility index (Phi) is 4.08. The average Bonchev–Trinajstić information content (AvgIpc) is 3.16. The molecule has 2 heterocycles. The van der Waals surface area contributed by atoms with Crippen molar-refractivity contribution in [3.63, 3.8) is 0 Å². The lowest BCUT2D eigenvalue weighted by Gasteiger charge is -2.09. The van der Waals surface area contributed by atoms with Crippen molar-refractivity contribution in [2.24, 2.45) is 0 Å². The molecule has 4 rings (SSSR count). The number of hydrogen-bond donors (Lipinski definition) is 1. The summed E-state index contributed by atoms with van der Waals surface area (Å²) in [7, 11) is 0. The molecule has 0 fully saturated rings. The van der Waals surface area contributed by atoms with E-state index < -0.39 is 11.6 Å². The van der Waals surface area contributed by atoms with Crippen molar-refractivity contribution in [3.05, 3.63) is 82.0 Å². The van der Waals surface area contributed by atoms with Crippen molar-refractivity contribution in [2.75, 3.05) is 0 Å². The molecule has 0 aliphatic heterocycles. The van der Waals surface area contributed by atoms with E-state index in [-0.39, 0.29) is 18.1 Å². The number of carbonyl (C=O) groups excluding carboxylic acids is 2. The number of ketones is 1. The smallest absolute Gasteiger partial charge is 0.355 e. The molecule has 27 heavy (non-hydrogen) atoms. The average molecular weight is 361 g/mol. The maximum atomic E-state index is 12.3. The second kappa shape index (κ2) is 6.57. The molecule has 0 saturated heterocycles. The molecule has 0 radical (unpaired) electrons. The van der Waals surface area contributed by atoms with Crippen molar-refractivity contribution in [2.45, 2.75) is 13.5 Å². The van der Waals surface area contributed by atoms with Crippen molar-refractivity contribution in [1.82, 2.24) is 4.98 Å². The zero-order chi connectivity index (χ0) is 19.0. The Morgan fingerprint density at radius 2 is 1.93 bits per heavy atom. The molecule has 2 aromatic heterocycles. The van der Waals surface area contributed by atoms with Gasteiger partial charge in [0, 0.05) is 28.8 Å². The first-order valence-corrected chi connectivity index (χ1v) is 8.34. The number of fused-ring (bicyclic) bond motifs is 3. The highest BCUT2D eigenvalue weighted by Crippen LogP contribution is 2.27. The number of benzene rings is 2. The van der Waals surface area contributed by atoms with Gasteiger partial charge in [-0.1, -0.05) is 30.3 Å². The quantitative estimate of drug-likeness (QED) is 0.258. The SMILES string of the molecule is CC(=O)c1c[nH]c(C(=O)OCc2cc(=O)oc3ccc4ccccc4c23)c1. The molecule has 0 spiro atoms. The second-order valence-electron chi connectivity index (χ2n) is 6.18. The number of Topliss-reactive ketones (excluding diaryl/α,β-unsaturated/α-hetero) is 1. The van der Waals surface area contributed by atoms with E-state index in [1.165, 1.54) is 25.3 Å². The molecular formula is C21H15NO5. The molecule has 0 saturated carbocycles. The third-order valence-corrected chi connectivity index (χ3v) is 4.38. The van der Waals surface area contributed by atoms with E-state index in [2.05, 4.69) is 4.98 Å². The molecule has 0 aliphatic rings. The molecular weight excluding hydrogens is 346 g/mol. The Balaban J connectivity index is 1.70. The summed E-state index contributed by atoms with van der Waals surface area (Å²) in [4.78, 5) is 38.2. The molecule has 1 N–H and O–H groups in total. The maximum absolute atomic E-state index is 12.3. The van der Waals surface area contributed by atoms with E-state index in [9.17, 15) is 14.4 Å². The van der Waals surface area contributed by atoms with Crippen molar-refractivity contribution in [1.29, 1.82) is 0 Å². The Bertz CT molecular complexity index is 1250. The van der Waals surface area contributed by atoms with E-state index >= 15 is 0 Å². The lowest BCUT2D eigenvalue weighted by Crippen LogP contribution is -2.08. The van der Waals surface area contributed by atoms with E-state index in [1.54, 1.807) is 6.07 Å². The highest BCUT2D eigenvalue weighted by molar-refractivity contribution is 6.07. The van der Waals surface area contributed by atoms with Crippen LogP contribution in [0.25, 0.3) is 21.7 Å². The lowest BCUT2D eigenvalue weighted by molar-refractivity contribution is 0.0467. The minimum Gasteiger partial charge on any atom is -0.456 e. The Labute approximate surface area is 153 Å². The van der Waals surface area contributed by atoms with E-state index in [1.807, 2.05) is 30.3 Å². The minimum absolute atomic E-state index is 0.0939. The van der Waals surface area contributed by atoms with E-state index in [4.69, 9.17) is 9.15 Å². The monoisotopic (exact) mass is 361 g/mol. The third-order valence-electron chi connectivity index (χ3n) is 4.38. The van der Waals surface area contributed by atoms with Crippen molar-refractivity contribution >= 4 is 33.5 Å². The number of nitrogens with one attached hydrogen (secondary N) is 1. The first kappa shape index (κ1) is 16.8. The minimum atomic E-state index is -0.607. The van der Waals surface area contributed by atoms with Crippen LogP contribution in [-0.4, -0.2) is 16.7 Å². The highest BCUT2D eigenvalue weighted by atomic mass is 16.5. The predicted molar refractivity (Wildman–Crippen MR) is 99.9 cm³/mol. The normalized spacial score (nSPS) is 11.0. The first-order chi connectivity index (χ1) is 13.0. The molecule has 0 atom stereocenters. The van der Waals surface area contributed by atoms with Crippen LogP contribution in [0.5, 0.6) is 0 Å². The molecule has 134 valence electrons. The van der Waals surface area contributed by atoms with Gasteiger partial charge in [-0.25, -0.2) is 9.59 Å². The van der Waals surface area contributed by atoms with Gasteiger partial charge in [-0.3, -0.25) is 4.79 Å². The largest absolute Gasteiger partial charge is 0.456 e. The van der Waals surface area contributed by atoms with Crippen LogP contribution >= 0.6 is 0 Å². The summed E-state index contributed by atoms with van der Waals surface area (Å²) in [5, 5.41) is 2.63. The number of carbonyl (C=O) groups is 2. The Morgan fingerprint density at radius 3 is 2.70 bits per heavy atom. The van der Waals surface area contributed by atoms with Crippen LogP contribution in [-0.2, 0) is 11.3 Å². The topological polar surface area (TPSA) is 89.4 Å². The highest BCUT2D eigenvalue weighted by Gasteiger charge is 2.15. The van der Waals surface area contributed by atoms with Crippen LogP contribution in [0, 0.1) is 0 Å². The fourth-order valence-electron chi connectivity index (χ4n) is 3.07. The number of esters is 1. The molecule has 6 heteroatoms. The lowest BCUT2D eigenvalue weighted by atomic mass is 10.0. The van der Waals surface area contributed by atoms with Gasteiger partial charge in [-0.2, -0.15) is 0 Å². The van der Waals surface area contributed by atoms with Gasteiger partial charge in [-0.15, -0.1) is 0 Å². The Hall–Kier alpha value is -3.67. The summed E-state index contributed by atoms with van der Waals surface area (Å²) in [6.45, 7) is 1.32. The maximum Gasteiger partial charge on any atom is 0.355 e.